The molecule has 1 amide bonds. The molecule has 1 aliphatic rings. The van der Waals surface area contributed by atoms with Crippen molar-refractivity contribution in [2.45, 2.75) is 35.0 Å². The van der Waals surface area contributed by atoms with Gasteiger partial charge in [-0.2, -0.15) is 0 Å². The number of hydrogen-bond donors (Lipinski definition) is 2. The van der Waals surface area contributed by atoms with Crippen molar-refractivity contribution in [2.75, 3.05) is 18.4 Å². The van der Waals surface area contributed by atoms with Gasteiger partial charge in [0.25, 0.3) is 11.6 Å². The predicted octanol–water partition coefficient (Wildman–Crippen LogP) is 3.75. The summed E-state index contributed by atoms with van der Waals surface area (Å²) in [4.78, 5) is 39.9. The van der Waals surface area contributed by atoms with Crippen LogP contribution in [0.15, 0.2) is 71.6 Å². The van der Waals surface area contributed by atoms with Gasteiger partial charge in [-0.15, -0.1) is 17.9 Å². The number of amides is 1. The Kier molecular flexibility index (Phi) is 8.86. The lowest BCUT2D eigenvalue weighted by Crippen LogP contribution is -2.46. The van der Waals surface area contributed by atoms with Crippen molar-refractivity contribution in [3.63, 3.8) is 0 Å². The second-order valence-electron chi connectivity index (χ2n) is 8.96. The smallest absolute Gasteiger partial charge is 0.311 e. The lowest BCUT2D eigenvalue weighted by Gasteiger charge is -2.36. The Labute approximate surface area is 233 Å². The number of nitro benzene ring substituents is 1. The summed E-state index contributed by atoms with van der Waals surface area (Å²) < 4.78 is 27.1. The average molecular weight is 587 g/mol. The quantitative estimate of drug-likeness (QED) is 0.191. The van der Waals surface area contributed by atoms with Gasteiger partial charge in [0, 0.05) is 54.0 Å². The van der Waals surface area contributed by atoms with Gasteiger partial charge in [0.15, 0.2) is 0 Å². The molecule has 1 saturated heterocycles. The third-order valence-electron chi connectivity index (χ3n) is 6.41. The minimum atomic E-state index is -3.80. The Morgan fingerprint density at radius 2 is 1.82 bits per heavy atom. The summed E-state index contributed by atoms with van der Waals surface area (Å²) in [6, 6.07) is 11.1. The maximum atomic E-state index is 13.5. The number of nitrogens with one attached hydrogen (secondary N) is 2. The number of non-ortho nitro benzene ring substituents is 1. The van der Waals surface area contributed by atoms with E-state index in [-0.39, 0.29) is 39.6 Å². The van der Waals surface area contributed by atoms with E-state index in [9.17, 15) is 33.4 Å². The largest absolute Gasteiger partial charge is 0.362 e. The number of thiophene rings is 1. The van der Waals surface area contributed by atoms with Crippen molar-refractivity contribution in [1.82, 2.24) is 15.2 Å². The van der Waals surface area contributed by atoms with Crippen LogP contribution in [0.25, 0.3) is 0 Å². The summed E-state index contributed by atoms with van der Waals surface area (Å²) in [5.74, 6) is -0.255. The number of piperidine rings is 1. The summed E-state index contributed by atoms with van der Waals surface area (Å²) in [7, 11) is -3.80. The molecule has 0 aliphatic carbocycles. The average Bonchev–Trinajstić information content (AvgIpc) is 3.43. The predicted molar refractivity (Wildman–Crippen MR) is 149 cm³/mol. The Bertz CT molecular complexity index is 1520. The van der Waals surface area contributed by atoms with Gasteiger partial charge in [0.1, 0.15) is 9.58 Å². The maximum absolute atomic E-state index is 13.5. The first-order valence-corrected chi connectivity index (χ1v) is 14.5. The number of rotatable bonds is 11. The second kappa shape index (κ2) is 12.3. The van der Waals surface area contributed by atoms with Crippen LogP contribution in [-0.4, -0.2) is 58.6 Å². The molecule has 1 atom stereocenters. The fourth-order valence-electron chi connectivity index (χ4n) is 4.35. The standard InChI is InChI=1S/C25H26N6O7S2/c1-2-22(29-14-11-18(12-15-29)28-24-21(31(35)36)4-3-13-26-24)40(37,38)23-10-9-20(39-23)16-27-25(32)17-5-7-19(8-6-17)30(33)34/h2-10,13,18,22H,1,11-12,14-16H2,(H,26,28)(H,27,32). The number of carbonyl (C=O) groups is 1. The summed E-state index contributed by atoms with van der Waals surface area (Å²) in [6.07, 6.45) is 3.97. The molecule has 0 bridgehead atoms. The SMILES string of the molecule is C=CC(N1CCC(Nc2ncccc2[N+](=O)[O-])CC1)S(=O)(=O)c1ccc(CNC(=O)c2ccc([N+](=O)[O-])cc2)s1. The van der Waals surface area contributed by atoms with Gasteiger partial charge in [0.2, 0.25) is 15.7 Å². The third-order valence-corrected chi connectivity index (χ3v) is 10.1. The molecule has 3 aromatic rings. The molecule has 210 valence electrons. The van der Waals surface area contributed by atoms with Gasteiger partial charge in [0.05, 0.1) is 16.4 Å². The molecule has 2 aromatic heterocycles. The number of sulfone groups is 1. The van der Waals surface area contributed by atoms with E-state index in [1.807, 2.05) is 4.90 Å². The van der Waals surface area contributed by atoms with E-state index in [1.54, 1.807) is 6.07 Å². The molecule has 1 aliphatic heterocycles. The molecular weight excluding hydrogens is 560 g/mol. The van der Waals surface area contributed by atoms with E-state index < -0.39 is 31.0 Å². The topological polar surface area (TPSA) is 178 Å². The number of nitrogens with zero attached hydrogens (tertiary/aromatic N) is 4. The number of anilines is 1. The van der Waals surface area contributed by atoms with Crippen molar-refractivity contribution < 1.29 is 23.1 Å². The molecule has 40 heavy (non-hydrogen) atoms. The van der Waals surface area contributed by atoms with Gasteiger partial charge >= 0.3 is 5.69 Å². The lowest BCUT2D eigenvalue weighted by atomic mass is 10.0. The third kappa shape index (κ3) is 6.50. The van der Waals surface area contributed by atoms with E-state index >= 15 is 0 Å². The number of likely N-dealkylation sites (tertiary alicyclic amines) is 1. The summed E-state index contributed by atoms with van der Waals surface area (Å²) in [6.45, 7) is 4.69. The molecule has 0 radical (unpaired) electrons. The van der Waals surface area contributed by atoms with Crippen LogP contribution >= 0.6 is 11.3 Å². The molecule has 0 saturated carbocycles. The monoisotopic (exact) mass is 586 g/mol. The molecule has 3 heterocycles. The number of nitro groups is 2. The lowest BCUT2D eigenvalue weighted by molar-refractivity contribution is -0.384. The molecule has 1 aromatic carbocycles. The van der Waals surface area contributed by atoms with Crippen molar-refractivity contribution in [3.05, 3.63) is 98.1 Å². The number of carbonyl (C=O) groups excluding carboxylic acids is 1. The van der Waals surface area contributed by atoms with E-state index in [0.29, 0.717) is 30.8 Å². The first-order valence-electron chi connectivity index (χ1n) is 12.2. The summed E-state index contributed by atoms with van der Waals surface area (Å²) >= 11 is 1.05. The molecule has 2 N–H and O–H groups in total. The van der Waals surface area contributed by atoms with Crippen LogP contribution in [0.2, 0.25) is 0 Å². The Morgan fingerprint density at radius 3 is 2.45 bits per heavy atom. The van der Waals surface area contributed by atoms with E-state index in [2.05, 4.69) is 22.2 Å². The zero-order valence-electron chi connectivity index (χ0n) is 21.1. The van der Waals surface area contributed by atoms with Crippen LogP contribution < -0.4 is 10.6 Å². The zero-order chi connectivity index (χ0) is 28.9. The summed E-state index contributed by atoms with van der Waals surface area (Å²) in [5.41, 5.74) is 0.00488. The number of hydrogen-bond acceptors (Lipinski definition) is 11. The second-order valence-corrected chi connectivity index (χ2v) is 12.4. The Balaban J connectivity index is 1.35. The number of aromatic nitrogens is 1. The van der Waals surface area contributed by atoms with Gasteiger partial charge in [-0.25, -0.2) is 13.4 Å². The molecule has 1 unspecified atom stereocenters. The van der Waals surface area contributed by atoms with Gasteiger partial charge in [-0.05, 0) is 43.2 Å². The molecule has 13 nitrogen and oxygen atoms in total. The van der Waals surface area contributed by atoms with E-state index in [0.717, 1.165) is 11.3 Å². The number of pyridine rings is 1. The van der Waals surface area contributed by atoms with Gasteiger partial charge < -0.3 is 10.6 Å². The highest BCUT2D eigenvalue weighted by Gasteiger charge is 2.34. The first-order chi connectivity index (χ1) is 19.1. The van der Waals surface area contributed by atoms with Crippen molar-refractivity contribution in [2.24, 2.45) is 0 Å². The van der Waals surface area contributed by atoms with Crippen molar-refractivity contribution >= 4 is 44.3 Å². The molecular formula is C25H26N6O7S2. The van der Waals surface area contributed by atoms with Crippen LogP contribution in [0.5, 0.6) is 0 Å². The van der Waals surface area contributed by atoms with Crippen LogP contribution in [-0.2, 0) is 16.4 Å². The van der Waals surface area contributed by atoms with Gasteiger partial charge in [-0.3, -0.25) is 29.9 Å². The van der Waals surface area contributed by atoms with Crippen LogP contribution in [0.4, 0.5) is 17.2 Å². The Morgan fingerprint density at radius 1 is 1.12 bits per heavy atom. The molecule has 1 fully saturated rings. The van der Waals surface area contributed by atoms with E-state index in [1.165, 1.54) is 54.7 Å². The zero-order valence-corrected chi connectivity index (χ0v) is 22.8. The highest BCUT2D eigenvalue weighted by molar-refractivity contribution is 7.94. The maximum Gasteiger partial charge on any atom is 0.311 e. The Hall–Kier alpha value is -4.21. The minimum Gasteiger partial charge on any atom is -0.362 e. The molecule has 0 spiro atoms. The minimum absolute atomic E-state index is 0.0888. The fraction of sp³-hybridized carbons (Fsp3) is 0.280. The fourth-order valence-corrected chi connectivity index (χ4v) is 7.46. The molecule has 4 rings (SSSR count). The number of benzene rings is 1. The first kappa shape index (κ1) is 28.8. The van der Waals surface area contributed by atoms with E-state index in [4.69, 9.17) is 0 Å². The molecule has 15 heteroatoms. The normalized spacial score (nSPS) is 15.2. The van der Waals surface area contributed by atoms with Crippen molar-refractivity contribution in [1.29, 1.82) is 0 Å². The van der Waals surface area contributed by atoms with Crippen LogP contribution in [0.3, 0.4) is 0 Å². The highest BCUT2D eigenvalue weighted by Crippen LogP contribution is 2.30. The van der Waals surface area contributed by atoms with Gasteiger partial charge in [-0.1, -0.05) is 6.08 Å². The van der Waals surface area contributed by atoms with Crippen LogP contribution in [0.1, 0.15) is 28.1 Å². The van der Waals surface area contributed by atoms with Crippen LogP contribution in [0, 0.1) is 20.2 Å². The highest BCUT2D eigenvalue weighted by atomic mass is 32.2. The summed E-state index contributed by atoms with van der Waals surface area (Å²) in [5, 5.41) is 26.9. The van der Waals surface area contributed by atoms with Crippen molar-refractivity contribution in [3.8, 4) is 0 Å².